The van der Waals surface area contributed by atoms with Gasteiger partial charge in [0, 0.05) is 19.7 Å². The first-order valence-corrected chi connectivity index (χ1v) is 13.0. The van der Waals surface area contributed by atoms with Crippen molar-refractivity contribution in [3.63, 3.8) is 0 Å². The van der Waals surface area contributed by atoms with E-state index in [1.807, 2.05) is 52.8 Å². The number of hydrogen-bond donors (Lipinski definition) is 3. The van der Waals surface area contributed by atoms with Gasteiger partial charge in [-0.05, 0) is 88.7 Å². The molecule has 200 valence electrons. The lowest BCUT2D eigenvalue weighted by Gasteiger charge is -2.32. The summed E-state index contributed by atoms with van der Waals surface area (Å²) < 4.78 is 12.5. The zero-order valence-electron chi connectivity index (χ0n) is 22.4. The van der Waals surface area contributed by atoms with Crippen LogP contribution in [0.4, 0.5) is 17.5 Å². The van der Waals surface area contributed by atoms with Crippen LogP contribution in [0.5, 0.6) is 0 Å². The molecule has 2 aromatic rings. The number of aliphatic hydroxyl groups is 1. The number of nitrogens with zero attached hydrogens (tertiary/aromatic N) is 3. The third-order valence-corrected chi connectivity index (χ3v) is 8.18. The normalized spacial score (nSPS) is 22.6. The van der Waals surface area contributed by atoms with Gasteiger partial charge in [0.15, 0.2) is 0 Å². The molecule has 11 heteroatoms. The van der Waals surface area contributed by atoms with E-state index in [2.05, 4.69) is 20.6 Å². The zero-order valence-corrected chi connectivity index (χ0v) is 22.4. The monoisotopic (exact) mass is 511 g/mol. The van der Waals surface area contributed by atoms with Crippen LogP contribution in [0.2, 0.25) is 0 Å². The second kappa shape index (κ2) is 10.9. The first-order chi connectivity index (χ1) is 17.5. The first kappa shape index (κ1) is 27.3. The molecule has 2 heterocycles. The Morgan fingerprint density at radius 2 is 1.76 bits per heavy atom. The van der Waals surface area contributed by atoms with E-state index >= 15 is 0 Å². The van der Waals surface area contributed by atoms with Crippen LogP contribution in [0.3, 0.4) is 0 Å². The molecule has 1 aromatic heterocycles. The van der Waals surface area contributed by atoms with Gasteiger partial charge in [0.1, 0.15) is 6.20 Å². The maximum atomic E-state index is 11.6. The Labute approximate surface area is 218 Å². The predicted molar refractivity (Wildman–Crippen MR) is 144 cm³/mol. The number of anilines is 2. The highest BCUT2D eigenvalue weighted by Crippen LogP contribution is 2.37. The van der Waals surface area contributed by atoms with Crippen LogP contribution in [-0.4, -0.2) is 51.5 Å². The van der Waals surface area contributed by atoms with Crippen LogP contribution in [0.15, 0.2) is 24.4 Å². The molecule has 0 amide bonds. The van der Waals surface area contributed by atoms with E-state index in [1.165, 1.54) is 6.20 Å². The van der Waals surface area contributed by atoms with Crippen molar-refractivity contribution >= 4 is 30.0 Å². The summed E-state index contributed by atoms with van der Waals surface area (Å²) in [5, 5.41) is 27.3. The second-order valence-corrected chi connectivity index (χ2v) is 11.2. The van der Waals surface area contributed by atoms with E-state index in [-0.39, 0.29) is 18.1 Å². The standard InChI is InChI=1S/C26H38BN5O5/c1-17-20(7-6-8-21(17)27-36-25(2,3)26(4,5)37-27)14-29-24-30-15-22(32(34)35)23(31-24)28-13-18-9-11-19(16-33)12-10-18/h6-8,15,18-19,33H,9-14,16H2,1-5H3,(H2,28,29,30,31). The number of hydrogen-bond acceptors (Lipinski definition) is 9. The average molecular weight is 511 g/mol. The van der Waals surface area contributed by atoms with Crippen LogP contribution in [0, 0.1) is 28.9 Å². The molecule has 1 aliphatic carbocycles. The molecule has 1 aliphatic heterocycles. The average Bonchev–Trinajstić information content (AvgIpc) is 3.08. The molecule has 2 fully saturated rings. The molecule has 2 aliphatic rings. The van der Waals surface area contributed by atoms with Crippen molar-refractivity contribution in [2.24, 2.45) is 11.8 Å². The molecule has 3 N–H and O–H groups in total. The molecule has 37 heavy (non-hydrogen) atoms. The largest absolute Gasteiger partial charge is 0.495 e. The van der Waals surface area contributed by atoms with E-state index in [1.54, 1.807) is 0 Å². The van der Waals surface area contributed by atoms with Crippen LogP contribution < -0.4 is 16.1 Å². The Morgan fingerprint density at radius 1 is 1.11 bits per heavy atom. The number of nitrogens with one attached hydrogen (secondary N) is 2. The van der Waals surface area contributed by atoms with Crippen LogP contribution in [0.1, 0.15) is 64.5 Å². The molecule has 0 atom stereocenters. The third-order valence-electron chi connectivity index (χ3n) is 8.18. The lowest BCUT2D eigenvalue weighted by Crippen LogP contribution is -2.41. The second-order valence-electron chi connectivity index (χ2n) is 11.2. The summed E-state index contributed by atoms with van der Waals surface area (Å²) in [6, 6.07) is 6.00. The van der Waals surface area contributed by atoms with Crippen molar-refractivity contribution in [2.75, 3.05) is 23.8 Å². The van der Waals surface area contributed by atoms with Gasteiger partial charge in [0.25, 0.3) is 0 Å². The molecule has 4 rings (SSSR count). The molecule has 0 radical (unpaired) electrons. The predicted octanol–water partition coefficient (Wildman–Crippen LogP) is 3.82. The van der Waals surface area contributed by atoms with Crippen LogP contribution >= 0.6 is 0 Å². The van der Waals surface area contributed by atoms with Gasteiger partial charge in [-0.25, -0.2) is 4.98 Å². The van der Waals surface area contributed by atoms with E-state index in [4.69, 9.17) is 9.31 Å². The fourth-order valence-corrected chi connectivity index (χ4v) is 4.88. The Balaban J connectivity index is 1.43. The highest BCUT2D eigenvalue weighted by atomic mass is 16.7. The SMILES string of the molecule is Cc1c(CNc2ncc([N+](=O)[O-])c(NCC3CCC(CO)CC3)n2)cccc1B1OC(C)(C)C(C)(C)O1. The van der Waals surface area contributed by atoms with Gasteiger partial charge in [0.2, 0.25) is 11.8 Å². The van der Waals surface area contributed by atoms with Gasteiger partial charge >= 0.3 is 12.8 Å². The van der Waals surface area contributed by atoms with E-state index in [9.17, 15) is 15.2 Å². The van der Waals surface area contributed by atoms with Gasteiger partial charge in [-0.1, -0.05) is 18.2 Å². The lowest BCUT2D eigenvalue weighted by molar-refractivity contribution is -0.384. The van der Waals surface area contributed by atoms with Crippen molar-refractivity contribution in [2.45, 2.75) is 78.0 Å². The van der Waals surface area contributed by atoms with Crippen molar-refractivity contribution < 1.29 is 19.3 Å². The smallest absolute Gasteiger partial charge is 0.399 e. The summed E-state index contributed by atoms with van der Waals surface area (Å²) in [5.41, 5.74) is 2.06. The summed E-state index contributed by atoms with van der Waals surface area (Å²) in [4.78, 5) is 19.7. The van der Waals surface area contributed by atoms with Gasteiger partial charge in [-0.3, -0.25) is 10.1 Å². The Kier molecular flexibility index (Phi) is 8.06. The molecule has 1 saturated heterocycles. The quantitative estimate of drug-likeness (QED) is 0.261. The zero-order chi connectivity index (χ0) is 26.8. The molecule has 10 nitrogen and oxygen atoms in total. The molecule has 0 bridgehead atoms. The molecular weight excluding hydrogens is 473 g/mol. The molecule has 0 spiro atoms. The Hall–Kier alpha value is -2.76. The molecular formula is C26H38BN5O5. The van der Waals surface area contributed by atoms with Gasteiger partial charge in [0.05, 0.1) is 16.1 Å². The summed E-state index contributed by atoms with van der Waals surface area (Å²) in [7, 11) is -0.455. The minimum absolute atomic E-state index is 0.145. The topological polar surface area (TPSA) is 132 Å². The Bertz CT molecular complexity index is 1100. The fourth-order valence-electron chi connectivity index (χ4n) is 4.88. The van der Waals surface area contributed by atoms with Gasteiger partial charge in [-0.2, -0.15) is 4.98 Å². The van der Waals surface area contributed by atoms with E-state index < -0.39 is 23.2 Å². The van der Waals surface area contributed by atoms with E-state index in [0.29, 0.717) is 30.9 Å². The van der Waals surface area contributed by atoms with Gasteiger partial charge < -0.3 is 25.0 Å². The van der Waals surface area contributed by atoms with Crippen molar-refractivity contribution in [1.82, 2.24) is 9.97 Å². The minimum Gasteiger partial charge on any atom is -0.399 e. The number of nitro groups is 1. The number of benzene rings is 1. The van der Waals surface area contributed by atoms with Gasteiger partial charge in [-0.15, -0.1) is 0 Å². The minimum atomic E-state index is -0.465. The number of aromatic nitrogens is 2. The summed E-state index contributed by atoms with van der Waals surface area (Å²) in [5.74, 6) is 1.30. The summed E-state index contributed by atoms with van der Waals surface area (Å²) in [6.45, 7) is 11.4. The first-order valence-electron chi connectivity index (χ1n) is 13.0. The highest BCUT2D eigenvalue weighted by molar-refractivity contribution is 6.62. The maximum absolute atomic E-state index is 11.6. The van der Waals surface area contributed by atoms with E-state index in [0.717, 1.165) is 42.3 Å². The Morgan fingerprint density at radius 3 is 2.38 bits per heavy atom. The summed E-state index contributed by atoms with van der Waals surface area (Å²) in [6.07, 6.45) is 5.17. The van der Waals surface area contributed by atoms with Crippen molar-refractivity contribution in [3.8, 4) is 0 Å². The third kappa shape index (κ3) is 6.05. The number of aliphatic hydroxyl groups excluding tert-OH is 1. The number of rotatable bonds is 9. The fraction of sp³-hybridized carbons (Fsp3) is 0.615. The highest BCUT2D eigenvalue weighted by Gasteiger charge is 2.52. The van der Waals surface area contributed by atoms with Crippen LogP contribution in [-0.2, 0) is 15.9 Å². The molecule has 0 unspecified atom stereocenters. The van der Waals surface area contributed by atoms with Crippen molar-refractivity contribution in [3.05, 3.63) is 45.6 Å². The molecule has 1 aromatic carbocycles. The van der Waals surface area contributed by atoms with Crippen molar-refractivity contribution in [1.29, 1.82) is 0 Å². The van der Waals surface area contributed by atoms with Crippen LogP contribution in [0.25, 0.3) is 0 Å². The summed E-state index contributed by atoms with van der Waals surface area (Å²) >= 11 is 0. The maximum Gasteiger partial charge on any atom is 0.495 e. The molecule has 1 saturated carbocycles. The lowest BCUT2D eigenvalue weighted by atomic mass is 9.75.